The largest absolute Gasteiger partial charge is 0.507 e. The first-order valence-corrected chi connectivity index (χ1v) is 6.08. The quantitative estimate of drug-likeness (QED) is 0.438. The second kappa shape index (κ2) is 8.05. The van der Waals surface area contributed by atoms with Crippen molar-refractivity contribution in [1.82, 2.24) is 0 Å². The Labute approximate surface area is 126 Å². The van der Waals surface area contributed by atoms with Crippen LogP contribution in [0.15, 0.2) is 53.5 Å². The smallest absolute Gasteiger partial charge is 0.503 e. The minimum atomic E-state index is -1.83. The van der Waals surface area contributed by atoms with Gasteiger partial charge in [-0.15, -0.1) is 0 Å². The zero-order chi connectivity index (χ0) is 16.5. The average molecular weight is 301 g/mol. The molecule has 6 N–H and O–H groups in total. The predicted molar refractivity (Wildman–Crippen MR) is 83.5 cm³/mol. The molecule has 0 spiro atoms. The molecular weight excluding hydrogens is 286 g/mol. The number of hydrogen-bond donors (Lipinski definition) is 5. The number of phenolic OH excluding ortho intramolecular Hbond substituents is 1. The first-order valence-electron chi connectivity index (χ1n) is 6.08. The molecule has 0 atom stereocenters. The molecule has 7 heteroatoms. The molecule has 0 aliphatic rings. The highest BCUT2D eigenvalue weighted by atomic mass is 16.6. The van der Waals surface area contributed by atoms with Crippen LogP contribution in [0, 0.1) is 5.41 Å². The van der Waals surface area contributed by atoms with Crippen LogP contribution in [-0.2, 0) is 0 Å². The third kappa shape index (κ3) is 5.74. The molecule has 0 heterocycles. The highest BCUT2D eigenvalue weighted by Crippen LogP contribution is 2.18. The fourth-order valence-corrected chi connectivity index (χ4v) is 1.48. The number of carboxylic acid groups (broad SMARTS) is 2. The van der Waals surface area contributed by atoms with Crippen molar-refractivity contribution in [2.24, 2.45) is 10.7 Å². The Kier molecular flexibility index (Phi) is 6.11. The first-order chi connectivity index (χ1) is 10.4. The van der Waals surface area contributed by atoms with Crippen LogP contribution in [-0.4, -0.2) is 33.5 Å². The maximum atomic E-state index is 9.69. The molecule has 0 radical (unpaired) electrons. The first kappa shape index (κ1) is 16.7. The van der Waals surface area contributed by atoms with Crippen LogP contribution in [0.3, 0.4) is 0 Å². The van der Waals surface area contributed by atoms with Gasteiger partial charge in [-0.2, -0.15) is 0 Å². The van der Waals surface area contributed by atoms with E-state index < -0.39 is 6.16 Å². The van der Waals surface area contributed by atoms with Gasteiger partial charge in [0.1, 0.15) is 11.6 Å². The molecule has 0 fully saturated rings. The van der Waals surface area contributed by atoms with E-state index in [1.165, 1.54) is 6.07 Å². The van der Waals surface area contributed by atoms with Gasteiger partial charge in [-0.1, -0.05) is 18.2 Å². The summed E-state index contributed by atoms with van der Waals surface area (Å²) in [7, 11) is 0. The van der Waals surface area contributed by atoms with E-state index in [1.54, 1.807) is 18.3 Å². The SMILES string of the molecule is N=C(N)c1ccc(O)c(C=Nc2ccccc2)c1.O=C(O)O. The van der Waals surface area contributed by atoms with E-state index in [2.05, 4.69) is 4.99 Å². The zero-order valence-corrected chi connectivity index (χ0v) is 11.5. The lowest BCUT2D eigenvalue weighted by molar-refractivity contribution is 0.137. The lowest BCUT2D eigenvalue weighted by Crippen LogP contribution is -2.11. The minimum absolute atomic E-state index is 0.0376. The van der Waals surface area contributed by atoms with Crippen LogP contribution >= 0.6 is 0 Å². The van der Waals surface area contributed by atoms with Gasteiger partial charge in [0.15, 0.2) is 0 Å². The second-order valence-corrected chi connectivity index (χ2v) is 4.06. The molecular formula is C15H15N3O4. The minimum Gasteiger partial charge on any atom is -0.507 e. The molecule has 0 amide bonds. The Morgan fingerprint density at radius 3 is 2.27 bits per heavy atom. The van der Waals surface area contributed by atoms with Crippen LogP contribution < -0.4 is 5.73 Å². The zero-order valence-electron chi connectivity index (χ0n) is 11.5. The number of nitrogens with zero attached hydrogens (tertiary/aromatic N) is 1. The predicted octanol–water partition coefficient (Wildman–Crippen LogP) is 2.65. The van der Waals surface area contributed by atoms with Gasteiger partial charge < -0.3 is 21.1 Å². The maximum absolute atomic E-state index is 9.69. The number of amidine groups is 1. The van der Waals surface area contributed by atoms with Gasteiger partial charge in [-0.3, -0.25) is 10.4 Å². The van der Waals surface area contributed by atoms with E-state index in [-0.39, 0.29) is 11.6 Å². The van der Waals surface area contributed by atoms with Crippen molar-refractivity contribution in [2.75, 3.05) is 0 Å². The summed E-state index contributed by atoms with van der Waals surface area (Å²) in [4.78, 5) is 12.8. The number of phenols is 1. The van der Waals surface area contributed by atoms with Crippen molar-refractivity contribution >= 4 is 23.9 Å². The maximum Gasteiger partial charge on any atom is 0.503 e. The number of aromatic hydroxyl groups is 1. The molecule has 0 bridgehead atoms. The number of nitrogen functional groups attached to an aromatic ring is 1. The lowest BCUT2D eigenvalue weighted by atomic mass is 10.1. The molecule has 0 aromatic heterocycles. The van der Waals surface area contributed by atoms with E-state index >= 15 is 0 Å². The number of benzene rings is 2. The molecule has 0 aliphatic carbocycles. The topological polar surface area (TPSA) is 140 Å². The molecule has 0 unspecified atom stereocenters. The molecule has 114 valence electrons. The number of para-hydroxylation sites is 1. The van der Waals surface area contributed by atoms with Gasteiger partial charge in [0.05, 0.1) is 5.69 Å². The van der Waals surface area contributed by atoms with Crippen LogP contribution in [0.1, 0.15) is 11.1 Å². The van der Waals surface area contributed by atoms with Gasteiger partial charge in [0.25, 0.3) is 0 Å². The number of aliphatic imine (C=N–C) groups is 1. The molecule has 0 saturated heterocycles. The number of hydrogen-bond acceptors (Lipinski definition) is 4. The van der Waals surface area contributed by atoms with Gasteiger partial charge in [0.2, 0.25) is 0 Å². The normalized spacial score (nSPS) is 9.82. The van der Waals surface area contributed by atoms with Crippen molar-refractivity contribution in [3.05, 3.63) is 59.7 Å². The van der Waals surface area contributed by atoms with Gasteiger partial charge in [0, 0.05) is 17.3 Å². The van der Waals surface area contributed by atoms with Crippen molar-refractivity contribution in [3.63, 3.8) is 0 Å². The Morgan fingerprint density at radius 2 is 1.73 bits per heavy atom. The summed E-state index contributed by atoms with van der Waals surface area (Å²) >= 11 is 0. The van der Waals surface area contributed by atoms with Gasteiger partial charge in [-0.25, -0.2) is 4.79 Å². The van der Waals surface area contributed by atoms with Crippen molar-refractivity contribution in [2.45, 2.75) is 0 Å². The Bertz CT molecular complexity index is 680. The molecule has 22 heavy (non-hydrogen) atoms. The van der Waals surface area contributed by atoms with E-state index in [0.29, 0.717) is 11.1 Å². The van der Waals surface area contributed by atoms with Gasteiger partial charge in [-0.05, 0) is 30.3 Å². The van der Waals surface area contributed by atoms with E-state index in [9.17, 15) is 5.11 Å². The summed E-state index contributed by atoms with van der Waals surface area (Å²) in [5.41, 5.74) is 7.29. The molecule has 0 aliphatic heterocycles. The van der Waals surface area contributed by atoms with Crippen LogP contribution in [0.2, 0.25) is 0 Å². The second-order valence-electron chi connectivity index (χ2n) is 4.06. The highest BCUT2D eigenvalue weighted by Gasteiger charge is 2.02. The summed E-state index contributed by atoms with van der Waals surface area (Å²) in [6.45, 7) is 0. The summed E-state index contributed by atoms with van der Waals surface area (Å²) in [5, 5.41) is 31.0. The highest BCUT2D eigenvalue weighted by molar-refractivity contribution is 5.97. The number of carbonyl (C=O) groups is 1. The number of rotatable bonds is 3. The summed E-state index contributed by atoms with van der Waals surface area (Å²) < 4.78 is 0. The van der Waals surface area contributed by atoms with E-state index in [0.717, 1.165) is 5.69 Å². The fourth-order valence-electron chi connectivity index (χ4n) is 1.48. The molecule has 2 rings (SSSR count). The van der Waals surface area contributed by atoms with Crippen molar-refractivity contribution < 1.29 is 20.1 Å². The molecule has 0 saturated carbocycles. The van der Waals surface area contributed by atoms with Crippen LogP contribution in [0.4, 0.5) is 10.5 Å². The summed E-state index contributed by atoms with van der Waals surface area (Å²) in [6.07, 6.45) is -0.281. The van der Waals surface area contributed by atoms with Gasteiger partial charge >= 0.3 is 6.16 Å². The third-order valence-electron chi connectivity index (χ3n) is 2.45. The summed E-state index contributed by atoms with van der Waals surface area (Å²) in [6, 6.07) is 14.1. The van der Waals surface area contributed by atoms with E-state index in [1.807, 2.05) is 30.3 Å². The van der Waals surface area contributed by atoms with Crippen molar-refractivity contribution in [1.29, 1.82) is 5.41 Å². The Hall–Kier alpha value is -3.35. The Morgan fingerprint density at radius 1 is 1.14 bits per heavy atom. The monoisotopic (exact) mass is 301 g/mol. The standard InChI is InChI=1S/C14H13N3O.CH2O3/c15-14(16)10-6-7-13(18)11(8-10)9-17-12-4-2-1-3-5-12;2-1(3)4/h1-9,18H,(H3,15,16);(H2,2,3,4). The number of nitrogens with two attached hydrogens (primary N) is 1. The van der Waals surface area contributed by atoms with E-state index in [4.69, 9.17) is 26.2 Å². The van der Waals surface area contributed by atoms with Crippen molar-refractivity contribution in [3.8, 4) is 5.75 Å². The average Bonchev–Trinajstić information content (AvgIpc) is 2.46. The van der Waals surface area contributed by atoms with Crippen LogP contribution in [0.5, 0.6) is 5.75 Å². The Balaban J connectivity index is 0.000000541. The lowest BCUT2D eigenvalue weighted by Gasteiger charge is -2.02. The fraction of sp³-hybridized carbons (Fsp3) is 0. The molecule has 7 nitrogen and oxygen atoms in total. The summed E-state index contributed by atoms with van der Waals surface area (Å²) in [5.74, 6) is 0.0732. The number of nitrogens with one attached hydrogen (secondary N) is 1. The molecule has 2 aromatic carbocycles. The molecule has 2 aromatic rings. The third-order valence-corrected chi connectivity index (χ3v) is 2.45. The van der Waals surface area contributed by atoms with Crippen LogP contribution in [0.25, 0.3) is 0 Å².